The maximum absolute atomic E-state index is 14.2. The van der Waals surface area contributed by atoms with E-state index in [1.165, 1.54) is 0 Å². The van der Waals surface area contributed by atoms with Crippen LogP contribution in [0.4, 0.5) is 0 Å². The van der Waals surface area contributed by atoms with E-state index in [0.717, 1.165) is 81.0 Å². The molecule has 9 rings (SSSR count). The van der Waals surface area contributed by atoms with E-state index in [0.29, 0.717) is 53.1 Å². The number of likely N-dealkylation sites (tertiary alicyclic amines) is 1. The number of benzene rings is 2. The van der Waals surface area contributed by atoms with Gasteiger partial charge in [0.25, 0.3) is 0 Å². The van der Waals surface area contributed by atoms with E-state index in [4.69, 9.17) is 23.7 Å². The number of fused-ring (bicyclic) bond motifs is 4. The lowest BCUT2D eigenvalue weighted by molar-refractivity contribution is -0.141. The van der Waals surface area contributed by atoms with E-state index in [1.807, 2.05) is 30.5 Å². The molecular formula is C50H60N2O11. The zero-order valence-electron chi connectivity index (χ0n) is 36.4. The van der Waals surface area contributed by atoms with Gasteiger partial charge in [-0.3, -0.25) is 9.59 Å². The fraction of sp³-hybridized carbons (Fsp3) is 0.540. The molecule has 4 heterocycles. The summed E-state index contributed by atoms with van der Waals surface area (Å²) >= 11 is 0. The lowest BCUT2D eigenvalue weighted by Gasteiger charge is -2.49. The monoisotopic (exact) mass is 864 g/mol. The quantitative estimate of drug-likeness (QED) is 0.0658. The molecule has 0 spiro atoms. The number of carbonyl (C=O) groups is 3. The number of aldehydes is 1. The Kier molecular flexibility index (Phi) is 12.7. The van der Waals surface area contributed by atoms with Gasteiger partial charge in [-0.15, -0.1) is 0 Å². The number of esters is 1. The van der Waals surface area contributed by atoms with E-state index < -0.39 is 42.7 Å². The third-order valence-corrected chi connectivity index (χ3v) is 14.6. The molecule has 3 aliphatic carbocycles. The van der Waals surface area contributed by atoms with Gasteiger partial charge in [0.2, 0.25) is 5.76 Å². The maximum atomic E-state index is 14.2. The van der Waals surface area contributed by atoms with Gasteiger partial charge >= 0.3 is 5.97 Å². The molecule has 6 atom stereocenters. The van der Waals surface area contributed by atoms with Crippen LogP contribution in [-0.4, -0.2) is 108 Å². The molecule has 6 unspecified atom stereocenters. The summed E-state index contributed by atoms with van der Waals surface area (Å²) in [6, 6.07) is 7.76. The van der Waals surface area contributed by atoms with Crippen LogP contribution < -0.4 is 14.2 Å². The Bertz CT molecular complexity index is 2340. The van der Waals surface area contributed by atoms with Crippen molar-refractivity contribution in [3.8, 4) is 17.2 Å². The maximum Gasteiger partial charge on any atom is 0.375 e. The SMILES string of the molecule is CCOC(=O)C1=C(C=O)C(=C2CC(CO)C(=O)C(c3ccc4[nH]ccc4c3)C2)c2c(c(CO)c3c(c2OC2CCCCC2)CC(C2(O)CC=CC4CN(CCCOC)CCC42)O3)O1. The predicted octanol–water partition coefficient (Wildman–Crippen LogP) is 6.26. The van der Waals surface area contributed by atoms with Crippen molar-refractivity contribution < 1.29 is 53.4 Å². The van der Waals surface area contributed by atoms with Gasteiger partial charge in [-0.05, 0) is 106 Å². The number of nitrogens with one attached hydrogen (secondary N) is 1. The molecule has 4 N–H and O–H groups in total. The van der Waals surface area contributed by atoms with E-state index in [1.54, 1.807) is 14.0 Å². The zero-order chi connectivity index (χ0) is 43.8. The van der Waals surface area contributed by atoms with E-state index in [-0.39, 0.29) is 72.2 Å². The summed E-state index contributed by atoms with van der Waals surface area (Å²) in [6.45, 7) is 3.98. The lowest BCUT2D eigenvalue weighted by Crippen LogP contribution is -2.58. The highest BCUT2D eigenvalue weighted by atomic mass is 16.6. The molecular weight excluding hydrogens is 805 g/mol. The number of methoxy groups -OCH3 is 1. The highest BCUT2D eigenvalue weighted by Gasteiger charge is 2.54. The number of aromatic amines is 1. The first-order valence-electron chi connectivity index (χ1n) is 23.0. The molecule has 0 amide bonds. The van der Waals surface area contributed by atoms with E-state index in [9.17, 15) is 29.7 Å². The van der Waals surface area contributed by atoms with Crippen molar-refractivity contribution in [1.29, 1.82) is 0 Å². The average Bonchev–Trinajstić information content (AvgIpc) is 3.97. The second-order valence-electron chi connectivity index (χ2n) is 18.2. The number of Topliss-reactive ketones (excluding diaryl/α,β-unsaturated/α-hetero) is 1. The number of aliphatic hydroxyl groups excluding tert-OH is 2. The van der Waals surface area contributed by atoms with Crippen LogP contribution in [-0.2, 0) is 36.9 Å². The van der Waals surface area contributed by atoms with Crippen molar-refractivity contribution in [2.45, 2.75) is 108 Å². The Hall–Kier alpha value is -4.79. The predicted molar refractivity (Wildman–Crippen MR) is 234 cm³/mol. The Morgan fingerprint density at radius 1 is 1.08 bits per heavy atom. The number of rotatable bonds is 13. The van der Waals surface area contributed by atoms with Crippen LogP contribution in [0.1, 0.15) is 99.3 Å². The number of ether oxygens (including phenoxy) is 5. The summed E-state index contributed by atoms with van der Waals surface area (Å²) in [6.07, 6.45) is 13.2. The number of ketones is 1. The van der Waals surface area contributed by atoms with E-state index in [2.05, 4.69) is 22.0 Å². The van der Waals surface area contributed by atoms with Crippen molar-refractivity contribution in [2.75, 3.05) is 46.6 Å². The molecule has 13 heteroatoms. The molecule has 6 aliphatic rings. The third-order valence-electron chi connectivity index (χ3n) is 14.6. The normalized spacial score (nSPS) is 28.6. The number of piperidine rings is 1. The van der Waals surface area contributed by atoms with Crippen molar-refractivity contribution in [3.05, 3.63) is 81.8 Å². The van der Waals surface area contributed by atoms with Crippen LogP contribution in [0.2, 0.25) is 0 Å². The summed E-state index contributed by atoms with van der Waals surface area (Å²) in [5.74, 6) is -1.86. The van der Waals surface area contributed by atoms with Gasteiger partial charge in [-0.25, -0.2) is 4.79 Å². The Balaban J connectivity index is 1.20. The van der Waals surface area contributed by atoms with Crippen molar-refractivity contribution >= 4 is 34.5 Å². The average molecular weight is 865 g/mol. The second kappa shape index (κ2) is 18.4. The van der Waals surface area contributed by atoms with Gasteiger partial charge in [0.05, 0.1) is 42.6 Å². The molecule has 0 bridgehead atoms. The van der Waals surface area contributed by atoms with Gasteiger partial charge in [-0.1, -0.05) is 30.2 Å². The highest BCUT2D eigenvalue weighted by molar-refractivity contribution is 6.11. The van der Waals surface area contributed by atoms with Crippen LogP contribution >= 0.6 is 0 Å². The van der Waals surface area contributed by atoms with Crippen LogP contribution in [0, 0.1) is 17.8 Å². The molecule has 13 nitrogen and oxygen atoms in total. The molecule has 3 aromatic rings. The lowest BCUT2D eigenvalue weighted by atomic mass is 9.66. The molecule has 0 radical (unpaired) electrons. The summed E-state index contributed by atoms with van der Waals surface area (Å²) in [5.41, 5.74) is 2.78. The van der Waals surface area contributed by atoms with Gasteiger partial charge in [0, 0.05) is 73.8 Å². The van der Waals surface area contributed by atoms with Crippen molar-refractivity contribution in [3.63, 3.8) is 0 Å². The number of aromatic nitrogens is 1. The van der Waals surface area contributed by atoms with Crippen LogP contribution in [0.25, 0.3) is 16.5 Å². The number of nitrogens with zero attached hydrogens (tertiary/aromatic N) is 1. The zero-order valence-corrected chi connectivity index (χ0v) is 36.4. The van der Waals surface area contributed by atoms with E-state index >= 15 is 0 Å². The molecule has 2 saturated carbocycles. The smallest absolute Gasteiger partial charge is 0.375 e. The number of carbonyl (C=O) groups excluding carboxylic acids is 3. The molecule has 1 saturated heterocycles. The number of H-pyrrole nitrogens is 1. The van der Waals surface area contributed by atoms with Crippen molar-refractivity contribution in [1.82, 2.24) is 9.88 Å². The molecule has 2 aromatic carbocycles. The standard InChI is InChI=1S/C50H60N2O11/c1-3-60-49(57)48-37(27-54)42(32-22-33(26-53)44(56)35(23-32)29-12-13-40-30(21-29)14-17-51-40)43-46(61-34-10-5-4-6-11-34)36-24-41(62-45(36)38(28-55)47(43)63-48)50(58)16-7-9-31-25-52(18-8-20-59-2)19-15-39(31)50/h7,9,12-14,17,21,27,31,33-35,39,41,51,53,55,58H,3-6,8,10-11,15-16,18-20,22-26,28H2,1-2H3. The molecule has 1 aromatic heterocycles. The van der Waals surface area contributed by atoms with Crippen LogP contribution in [0.5, 0.6) is 17.2 Å². The second-order valence-corrected chi connectivity index (χ2v) is 18.2. The summed E-state index contributed by atoms with van der Waals surface area (Å²) in [7, 11) is 1.72. The minimum atomic E-state index is -1.25. The first kappa shape index (κ1) is 43.5. The number of aliphatic hydroxyl groups is 3. The van der Waals surface area contributed by atoms with Crippen LogP contribution in [0.15, 0.2) is 59.5 Å². The number of hydrogen-bond donors (Lipinski definition) is 4. The first-order valence-corrected chi connectivity index (χ1v) is 23.0. The highest BCUT2D eigenvalue weighted by Crippen LogP contribution is 2.58. The van der Waals surface area contributed by atoms with Crippen LogP contribution in [0.3, 0.4) is 0 Å². The fourth-order valence-electron chi connectivity index (χ4n) is 11.5. The largest absolute Gasteiger partial charge is 0.489 e. The minimum absolute atomic E-state index is 0.0133. The summed E-state index contributed by atoms with van der Waals surface area (Å²) < 4.78 is 31.4. The fourth-order valence-corrected chi connectivity index (χ4v) is 11.5. The summed E-state index contributed by atoms with van der Waals surface area (Å²) in [4.78, 5) is 47.3. The van der Waals surface area contributed by atoms with Gasteiger partial charge in [0.1, 0.15) is 34.7 Å². The molecule has 3 aliphatic heterocycles. The summed E-state index contributed by atoms with van der Waals surface area (Å²) in [5, 5.41) is 36.0. The Morgan fingerprint density at radius 2 is 1.92 bits per heavy atom. The van der Waals surface area contributed by atoms with Gasteiger partial charge in [-0.2, -0.15) is 0 Å². The molecule has 3 fully saturated rings. The third kappa shape index (κ3) is 7.94. The molecule has 336 valence electrons. The molecule has 63 heavy (non-hydrogen) atoms. The van der Waals surface area contributed by atoms with Gasteiger partial charge in [0.15, 0.2) is 6.29 Å². The van der Waals surface area contributed by atoms with Crippen molar-refractivity contribution in [2.24, 2.45) is 17.8 Å². The number of hydrogen-bond acceptors (Lipinski definition) is 12. The topological polar surface area (TPSA) is 177 Å². The van der Waals surface area contributed by atoms with Gasteiger partial charge < -0.3 is 48.9 Å². The number of allylic oxidation sites excluding steroid dienone is 3. The first-order chi connectivity index (χ1) is 30.7. The minimum Gasteiger partial charge on any atom is -0.489 e. The Labute approximate surface area is 368 Å². The Morgan fingerprint density at radius 3 is 2.68 bits per heavy atom.